The van der Waals surface area contributed by atoms with Crippen molar-refractivity contribution in [3.63, 3.8) is 0 Å². The van der Waals surface area contributed by atoms with E-state index in [1.54, 1.807) is 0 Å². The molecule has 1 aliphatic carbocycles. The lowest BCUT2D eigenvalue weighted by atomic mass is 9.92. The maximum Gasteiger partial charge on any atom is 0.0547 e. The van der Waals surface area contributed by atoms with Crippen molar-refractivity contribution in [2.45, 2.75) is 50.8 Å². The fourth-order valence-electron chi connectivity index (χ4n) is 2.49. The van der Waals surface area contributed by atoms with E-state index in [2.05, 4.69) is 23.4 Å². The molecule has 1 aromatic heterocycles. The molecule has 0 spiro atoms. The topological polar surface area (TPSA) is 50.1 Å². The van der Waals surface area contributed by atoms with Crippen molar-refractivity contribution in [3.8, 4) is 0 Å². The standard InChI is InChI=1S/C12H21N3O/c1-9(12-7-8-13-15(12)2)14-10-3-5-11(16)6-4-10/h7-11,14,16H,3-6H2,1-2H3. The summed E-state index contributed by atoms with van der Waals surface area (Å²) in [4.78, 5) is 0. The normalized spacial score (nSPS) is 27.9. The van der Waals surface area contributed by atoms with Gasteiger partial charge in [-0.3, -0.25) is 4.68 Å². The van der Waals surface area contributed by atoms with Gasteiger partial charge in [0.15, 0.2) is 0 Å². The first-order chi connectivity index (χ1) is 7.66. The molecule has 1 aromatic rings. The Kier molecular flexibility index (Phi) is 3.61. The van der Waals surface area contributed by atoms with Gasteiger partial charge in [0, 0.05) is 25.3 Å². The highest BCUT2D eigenvalue weighted by Gasteiger charge is 2.21. The number of aliphatic hydroxyl groups excluding tert-OH is 1. The van der Waals surface area contributed by atoms with Crippen molar-refractivity contribution in [2.75, 3.05) is 0 Å². The van der Waals surface area contributed by atoms with Crippen LogP contribution < -0.4 is 5.32 Å². The van der Waals surface area contributed by atoms with Crippen LogP contribution in [-0.2, 0) is 7.05 Å². The first-order valence-electron chi connectivity index (χ1n) is 6.09. The van der Waals surface area contributed by atoms with Gasteiger partial charge in [-0.1, -0.05) is 0 Å². The number of nitrogens with zero attached hydrogens (tertiary/aromatic N) is 2. The number of nitrogens with one attached hydrogen (secondary N) is 1. The van der Waals surface area contributed by atoms with Crippen LogP contribution in [0, 0.1) is 0 Å². The fourth-order valence-corrected chi connectivity index (χ4v) is 2.49. The van der Waals surface area contributed by atoms with Crippen molar-refractivity contribution in [1.29, 1.82) is 0 Å². The third-order valence-corrected chi connectivity index (χ3v) is 3.48. The minimum atomic E-state index is -0.0786. The van der Waals surface area contributed by atoms with Crippen LogP contribution in [0.2, 0.25) is 0 Å². The molecule has 0 radical (unpaired) electrons. The van der Waals surface area contributed by atoms with E-state index in [0.717, 1.165) is 25.7 Å². The van der Waals surface area contributed by atoms with Gasteiger partial charge in [-0.2, -0.15) is 5.10 Å². The largest absolute Gasteiger partial charge is 0.393 e. The van der Waals surface area contributed by atoms with Gasteiger partial charge in [0.2, 0.25) is 0 Å². The Bertz CT molecular complexity index is 329. The molecule has 0 aromatic carbocycles. The Balaban J connectivity index is 1.88. The third-order valence-electron chi connectivity index (χ3n) is 3.48. The zero-order chi connectivity index (χ0) is 11.5. The summed E-state index contributed by atoms with van der Waals surface area (Å²) >= 11 is 0. The molecule has 0 amide bonds. The lowest BCUT2D eigenvalue weighted by Gasteiger charge is -2.29. The molecule has 1 atom stereocenters. The van der Waals surface area contributed by atoms with Crippen LogP contribution in [-0.4, -0.2) is 27.0 Å². The van der Waals surface area contributed by atoms with Gasteiger partial charge >= 0.3 is 0 Å². The van der Waals surface area contributed by atoms with Crippen LogP contribution in [0.4, 0.5) is 0 Å². The highest BCUT2D eigenvalue weighted by Crippen LogP contribution is 2.21. The molecule has 1 saturated carbocycles. The quantitative estimate of drug-likeness (QED) is 0.814. The second kappa shape index (κ2) is 4.97. The summed E-state index contributed by atoms with van der Waals surface area (Å²) in [6.07, 6.45) is 5.75. The maximum absolute atomic E-state index is 9.45. The Morgan fingerprint density at radius 1 is 1.44 bits per heavy atom. The number of hydrogen-bond acceptors (Lipinski definition) is 3. The van der Waals surface area contributed by atoms with Crippen molar-refractivity contribution in [2.24, 2.45) is 7.05 Å². The van der Waals surface area contributed by atoms with Crippen LogP contribution in [0.5, 0.6) is 0 Å². The highest BCUT2D eigenvalue weighted by molar-refractivity contribution is 5.05. The van der Waals surface area contributed by atoms with Gasteiger partial charge in [-0.05, 0) is 38.7 Å². The smallest absolute Gasteiger partial charge is 0.0547 e. The molecule has 1 aliphatic rings. The lowest BCUT2D eigenvalue weighted by molar-refractivity contribution is 0.114. The molecule has 1 heterocycles. The summed E-state index contributed by atoms with van der Waals surface area (Å²) in [7, 11) is 1.97. The van der Waals surface area contributed by atoms with E-state index in [9.17, 15) is 5.11 Å². The van der Waals surface area contributed by atoms with Crippen molar-refractivity contribution >= 4 is 0 Å². The molecule has 0 bridgehead atoms. The second-order valence-electron chi connectivity index (χ2n) is 4.77. The Morgan fingerprint density at radius 2 is 2.12 bits per heavy atom. The molecular formula is C12H21N3O. The summed E-state index contributed by atoms with van der Waals surface area (Å²) in [6, 6.07) is 2.91. The van der Waals surface area contributed by atoms with Gasteiger partial charge in [0.1, 0.15) is 0 Å². The van der Waals surface area contributed by atoms with Crippen LogP contribution in [0.25, 0.3) is 0 Å². The minimum Gasteiger partial charge on any atom is -0.393 e. The molecule has 1 unspecified atom stereocenters. The molecule has 1 fully saturated rings. The van der Waals surface area contributed by atoms with Gasteiger partial charge in [-0.15, -0.1) is 0 Å². The Hall–Kier alpha value is -0.870. The predicted molar refractivity (Wildman–Crippen MR) is 63.0 cm³/mol. The van der Waals surface area contributed by atoms with Crippen LogP contribution in [0.1, 0.15) is 44.3 Å². The third kappa shape index (κ3) is 2.62. The Labute approximate surface area is 96.7 Å². The van der Waals surface area contributed by atoms with Crippen LogP contribution >= 0.6 is 0 Å². The average molecular weight is 223 g/mol. The van der Waals surface area contributed by atoms with E-state index < -0.39 is 0 Å². The maximum atomic E-state index is 9.45. The van der Waals surface area contributed by atoms with Crippen molar-refractivity contribution in [1.82, 2.24) is 15.1 Å². The van der Waals surface area contributed by atoms with Crippen molar-refractivity contribution in [3.05, 3.63) is 18.0 Å². The number of aryl methyl sites for hydroxylation is 1. The van der Waals surface area contributed by atoms with E-state index in [-0.39, 0.29) is 6.10 Å². The fraction of sp³-hybridized carbons (Fsp3) is 0.750. The minimum absolute atomic E-state index is 0.0786. The van der Waals surface area contributed by atoms with E-state index in [1.165, 1.54) is 5.69 Å². The van der Waals surface area contributed by atoms with Gasteiger partial charge in [-0.25, -0.2) is 0 Å². The zero-order valence-electron chi connectivity index (χ0n) is 10.1. The molecule has 2 N–H and O–H groups in total. The van der Waals surface area contributed by atoms with Crippen LogP contribution in [0.15, 0.2) is 12.3 Å². The number of aromatic nitrogens is 2. The molecule has 16 heavy (non-hydrogen) atoms. The summed E-state index contributed by atoms with van der Waals surface area (Å²) in [5, 5.41) is 17.2. The molecule has 0 aliphatic heterocycles. The second-order valence-corrected chi connectivity index (χ2v) is 4.77. The monoisotopic (exact) mass is 223 g/mol. The summed E-state index contributed by atoms with van der Waals surface area (Å²) in [6.45, 7) is 2.17. The van der Waals surface area contributed by atoms with E-state index in [0.29, 0.717) is 12.1 Å². The number of hydrogen-bond donors (Lipinski definition) is 2. The highest BCUT2D eigenvalue weighted by atomic mass is 16.3. The first kappa shape index (κ1) is 11.6. The summed E-state index contributed by atoms with van der Waals surface area (Å²) in [5.74, 6) is 0. The van der Waals surface area contributed by atoms with E-state index >= 15 is 0 Å². The average Bonchev–Trinajstić information content (AvgIpc) is 2.68. The Morgan fingerprint density at radius 3 is 2.69 bits per heavy atom. The number of rotatable bonds is 3. The molecule has 0 saturated heterocycles. The zero-order valence-corrected chi connectivity index (χ0v) is 10.1. The van der Waals surface area contributed by atoms with E-state index in [1.807, 2.05) is 17.9 Å². The first-order valence-corrected chi connectivity index (χ1v) is 6.09. The van der Waals surface area contributed by atoms with Gasteiger partial charge in [0.25, 0.3) is 0 Å². The molecular weight excluding hydrogens is 202 g/mol. The molecule has 4 nitrogen and oxygen atoms in total. The molecule has 2 rings (SSSR count). The SMILES string of the molecule is CC(NC1CCC(O)CC1)c1ccnn1C. The van der Waals surface area contributed by atoms with Crippen LogP contribution in [0.3, 0.4) is 0 Å². The summed E-state index contributed by atoms with van der Waals surface area (Å²) < 4.78 is 1.91. The molecule has 4 heteroatoms. The van der Waals surface area contributed by atoms with E-state index in [4.69, 9.17) is 0 Å². The predicted octanol–water partition coefficient (Wildman–Crippen LogP) is 1.37. The molecule has 90 valence electrons. The van der Waals surface area contributed by atoms with Crippen molar-refractivity contribution < 1.29 is 5.11 Å². The van der Waals surface area contributed by atoms with Gasteiger partial charge in [0.05, 0.1) is 11.8 Å². The summed E-state index contributed by atoms with van der Waals surface area (Å²) in [5.41, 5.74) is 1.21. The number of aliphatic hydroxyl groups is 1. The van der Waals surface area contributed by atoms with Gasteiger partial charge < -0.3 is 10.4 Å². The lowest BCUT2D eigenvalue weighted by Crippen LogP contribution is -2.36.